The van der Waals surface area contributed by atoms with Crippen LogP contribution in [-0.2, 0) is 6.54 Å². The number of nitrogens with two attached hydrogens (primary N) is 1. The lowest BCUT2D eigenvalue weighted by atomic mass is 9.84. The van der Waals surface area contributed by atoms with Crippen LogP contribution in [0.4, 0.5) is 0 Å². The van der Waals surface area contributed by atoms with Crippen LogP contribution in [0, 0.1) is 5.92 Å². The molecule has 20 heavy (non-hydrogen) atoms. The molecular formula is C14H24N4O2. The van der Waals surface area contributed by atoms with Gasteiger partial charge in [0.25, 0.3) is 5.91 Å². The molecule has 0 bridgehead atoms. The van der Waals surface area contributed by atoms with Crippen molar-refractivity contribution >= 4 is 5.91 Å². The van der Waals surface area contributed by atoms with Crippen molar-refractivity contribution < 1.29 is 9.32 Å². The summed E-state index contributed by atoms with van der Waals surface area (Å²) in [4.78, 5) is 13.6. The van der Waals surface area contributed by atoms with E-state index in [2.05, 4.69) is 24.0 Å². The van der Waals surface area contributed by atoms with Crippen molar-refractivity contribution in [3.05, 3.63) is 17.5 Å². The largest absolute Gasteiger partial charge is 0.359 e. The van der Waals surface area contributed by atoms with E-state index in [-0.39, 0.29) is 5.69 Å². The van der Waals surface area contributed by atoms with Gasteiger partial charge in [0.2, 0.25) is 0 Å². The molecule has 0 unspecified atom stereocenters. The summed E-state index contributed by atoms with van der Waals surface area (Å²) in [6.45, 7) is 2.94. The summed E-state index contributed by atoms with van der Waals surface area (Å²) < 4.78 is 5.18. The van der Waals surface area contributed by atoms with Gasteiger partial charge in [-0.15, -0.1) is 0 Å². The topological polar surface area (TPSA) is 84.4 Å². The maximum atomic E-state index is 11.3. The number of hydrogen-bond acceptors (Lipinski definition) is 5. The summed E-state index contributed by atoms with van der Waals surface area (Å²) in [5, 5.41) is 3.72. The van der Waals surface area contributed by atoms with E-state index in [0.717, 1.165) is 5.92 Å². The van der Waals surface area contributed by atoms with E-state index in [1.54, 1.807) is 6.07 Å². The van der Waals surface area contributed by atoms with Gasteiger partial charge in [0.15, 0.2) is 11.5 Å². The van der Waals surface area contributed by atoms with Gasteiger partial charge in [-0.05, 0) is 38.6 Å². The molecule has 1 saturated carbocycles. The van der Waals surface area contributed by atoms with E-state index in [4.69, 9.17) is 10.4 Å². The van der Waals surface area contributed by atoms with Gasteiger partial charge in [-0.2, -0.15) is 0 Å². The van der Waals surface area contributed by atoms with E-state index < -0.39 is 5.91 Å². The molecule has 0 radical (unpaired) electrons. The Bertz CT molecular complexity index is 438. The number of nitrogen functional groups attached to an aromatic ring is 1. The van der Waals surface area contributed by atoms with E-state index >= 15 is 0 Å². The molecular weight excluding hydrogens is 256 g/mol. The van der Waals surface area contributed by atoms with E-state index in [1.165, 1.54) is 32.1 Å². The van der Waals surface area contributed by atoms with Gasteiger partial charge in [0, 0.05) is 12.1 Å². The Hall–Kier alpha value is -1.40. The van der Waals surface area contributed by atoms with Crippen molar-refractivity contribution in [2.45, 2.75) is 51.6 Å². The van der Waals surface area contributed by atoms with Gasteiger partial charge >= 0.3 is 0 Å². The fourth-order valence-electron chi connectivity index (χ4n) is 2.94. The highest BCUT2D eigenvalue weighted by molar-refractivity contribution is 5.91. The Labute approximate surface area is 119 Å². The molecule has 0 aliphatic heterocycles. The highest BCUT2D eigenvalue weighted by Gasteiger charge is 2.24. The number of carbonyl (C=O) groups excluding carboxylic acids is 1. The molecule has 1 heterocycles. The zero-order valence-corrected chi connectivity index (χ0v) is 12.3. The first-order chi connectivity index (χ1) is 9.63. The predicted octanol–water partition coefficient (Wildman–Crippen LogP) is 1.68. The molecule has 0 aromatic carbocycles. The molecule has 0 spiro atoms. The first-order valence-corrected chi connectivity index (χ1v) is 7.30. The Kier molecular flexibility index (Phi) is 5.14. The Morgan fingerprint density at radius 1 is 1.50 bits per heavy atom. The van der Waals surface area contributed by atoms with Gasteiger partial charge in [-0.3, -0.25) is 15.1 Å². The second-order valence-corrected chi connectivity index (χ2v) is 5.65. The highest BCUT2D eigenvalue weighted by atomic mass is 16.5. The average Bonchev–Trinajstić information content (AvgIpc) is 2.95. The van der Waals surface area contributed by atoms with Gasteiger partial charge in [0.1, 0.15) is 0 Å². The molecule has 6 heteroatoms. The van der Waals surface area contributed by atoms with E-state index in [0.29, 0.717) is 18.3 Å². The molecule has 1 aromatic heterocycles. The Balaban J connectivity index is 1.86. The summed E-state index contributed by atoms with van der Waals surface area (Å²) in [5.74, 6) is 6.23. The molecule has 0 atom stereocenters. The maximum absolute atomic E-state index is 11.3. The Morgan fingerprint density at radius 2 is 2.20 bits per heavy atom. The third kappa shape index (κ3) is 3.58. The third-order valence-corrected chi connectivity index (χ3v) is 4.34. The number of rotatable bonds is 5. The minimum atomic E-state index is -0.425. The van der Waals surface area contributed by atoms with Crippen LogP contribution >= 0.6 is 0 Å². The number of amides is 1. The summed E-state index contributed by atoms with van der Waals surface area (Å²) in [6, 6.07) is 2.24. The van der Waals surface area contributed by atoms with Crippen LogP contribution in [-0.4, -0.2) is 29.1 Å². The fourth-order valence-corrected chi connectivity index (χ4v) is 2.94. The maximum Gasteiger partial charge on any atom is 0.287 e. The predicted molar refractivity (Wildman–Crippen MR) is 75.7 cm³/mol. The lowest BCUT2D eigenvalue weighted by Crippen LogP contribution is -2.34. The monoisotopic (exact) mass is 280 g/mol. The van der Waals surface area contributed by atoms with E-state index in [9.17, 15) is 4.79 Å². The smallest absolute Gasteiger partial charge is 0.287 e. The average molecular weight is 280 g/mol. The number of hydrogen-bond donors (Lipinski definition) is 2. The molecule has 1 aliphatic rings. The minimum Gasteiger partial charge on any atom is -0.359 e. The van der Waals surface area contributed by atoms with Crippen LogP contribution < -0.4 is 11.3 Å². The molecule has 3 N–H and O–H groups in total. The van der Waals surface area contributed by atoms with Gasteiger partial charge in [-0.1, -0.05) is 18.5 Å². The molecule has 1 aliphatic carbocycles. The van der Waals surface area contributed by atoms with Crippen molar-refractivity contribution in [2.75, 3.05) is 7.05 Å². The zero-order valence-electron chi connectivity index (χ0n) is 12.3. The van der Waals surface area contributed by atoms with Crippen LogP contribution in [0.15, 0.2) is 10.6 Å². The molecule has 1 fully saturated rings. The van der Waals surface area contributed by atoms with Crippen LogP contribution in [0.2, 0.25) is 0 Å². The summed E-state index contributed by atoms with van der Waals surface area (Å²) in [5.41, 5.74) is 2.27. The number of nitrogens with one attached hydrogen (secondary N) is 1. The lowest BCUT2D eigenvalue weighted by Gasteiger charge is -2.33. The normalized spacial score (nSPS) is 23.0. The lowest BCUT2D eigenvalue weighted by molar-refractivity contribution is 0.0944. The first-order valence-electron chi connectivity index (χ1n) is 7.30. The van der Waals surface area contributed by atoms with Gasteiger partial charge in [0.05, 0.1) is 6.54 Å². The van der Waals surface area contributed by atoms with Crippen LogP contribution in [0.5, 0.6) is 0 Å². The van der Waals surface area contributed by atoms with Crippen LogP contribution in [0.25, 0.3) is 0 Å². The van der Waals surface area contributed by atoms with E-state index in [1.807, 2.05) is 5.43 Å². The number of nitrogens with zero attached hydrogens (tertiary/aromatic N) is 2. The number of carbonyl (C=O) groups is 1. The zero-order chi connectivity index (χ0) is 14.5. The standard InChI is InChI=1S/C14H24N4O2/c1-3-10-4-6-11(7-5-10)18(2)9-12-8-13(17-20-12)14(19)16-15/h8,10-11H,3-7,9,15H2,1-2H3,(H,16,19). The molecule has 1 amide bonds. The third-order valence-electron chi connectivity index (χ3n) is 4.34. The number of aromatic nitrogens is 1. The highest BCUT2D eigenvalue weighted by Crippen LogP contribution is 2.29. The van der Waals surface area contributed by atoms with Crippen molar-refractivity contribution in [3.8, 4) is 0 Å². The second-order valence-electron chi connectivity index (χ2n) is 5.65. The molecule has 0 saturated heterocycles. The van der Waals surface area contributed by atoms with Crippen molar-refractivity contribution in [1.29, 1.82) is 0 Å². The summed E-state index contributed by atoms with van der Waals surface area (Å²) in [6.07, 6.45) is 6.38. The first kappa shape index (κ1) is 15.0. The summed E-state index contributed by atoms with van der Waals surface area (Å²) in [7, 11) is 2.10. The van der Waals surface area contributed by atoms with Crippen LogP contribution in [0.1, 0.15) is 55.3 Å². The molecule has 1 aromatic rings. The Morgan fingerprint density at radius 3 is 2.80 bits per heavy atom. The number of hydrazine groups is 1. The second kappa shape index (κ2) is 6.85. The van der Waals surface area contributed by atoms with Crippen molar-refractivity contribution in [1.82, 2.24) is 15.5 Å². The van der Waals surface area contributed by atoms with Gasteiger partial charge < -0.3 is 4.52 Å². The van der Waals surface area contributed by atoms with Gasteiger partial charge in [-0.25, -0.2) is 5.84 Å². The van der Waals surface area contributed by atoms with Crippen molar-refractivity contribution in [2.24, 2.45) is 11.8 Å². The summed E-state index contributed by atoms with van der Waals surface area (Å²) >= 11 is 0. The molecule has 2 rings (SSSR count). The van der Waals surface area contributed by atoms with Crippen LogP contribution in [0.3, 0.4) is 0 Å². The van der Waals surface area contributed by atoms with Crippen molar-refractivity contribution in [3.63, 3.8) is 0 Å². The molecule has 112 valence electrons. The fraction of sp³-hybridized carbons (Fsp3) is 0.714. The minimum absolute atomic E-state index is 0.227. The molecule has 6 nitrogen and oxygen atoms in total. The SMILES string of the molecule is CCC1CCC(N(C)Cc2cc(C(=O)NN)no2)CC1. The quantitative estimate of drug-likeness (QED) is 0.487.